The van der Waals surface area contributed by atoms with Crippen LogP contribution in [0.2, 0.25) is 0 Å². The van der Waals surface area contributed by atoms with E-state index in [1.54, 1.807) is 6.33 Å². The lowest BCUT2D eigenvalue weighted by molar-refractivity contribution is 0.704. The summed E-state index contributed by atoms with van der Waals surface area (Å²) in [5.74, 6) is 0.955. The monoisotopic (exact) mass is 538 g/mol. The molecule has 0 saturated carbocycles. The van der Waals surface area contributed by atoms with Gasteiger partial charge in [0.25, 0.3) is 0 Å². The quantitative estimate of drug-likeness (QED) is 0.190. The van der Waals surface area contributed by atoms with Crippen LogP contribution in [0.1, 0.15) is 31.0 Å². The second-order valence-electron chi connectivity index (χ2n) is 7.87. The third-order valence-electron chi connectivity index (χ3n) is 5.26. The highest BCUT2D eigenvalue weighted by Crippen LogP contribution is 2.23. The summed E-state index contributed by atoms with van der Waals surface area (Å²) in [6.07, 6.45) is 8.62. The molecule has 0 atom stereocenters. The molecule has 0 unspecified atom stereocenters. The summed E-state index contributed by atoms with van der Waals surface area (Å²) in [7, 11) is 0. The number of imidazole rings is 1. The maximum Gasteiger partial charge on any atom is 0.163 e. The Morgan fingerprint density at radius 2 is 1.94 bits per heavy atom. The SMILES string of the molecule is CCCc1cnc[nH]1.NC(=S)NCCCN(Cc1cccc2ccccc12)c1ccc(Br)cn1. The Labute approximate surface area is 215 Å². The van der Waals surface area contributed by atoms with Gasteiger partial charge in [-0.1, -0.05) is 55.8 Å². The molecule has 0 saturated heterocycles. The van der Waals surface area contributed by atoms with E-state index in [-0.39, 0.29) is 0 Å². The molecule has 0 aliphatic carbocycles. The van der Waals surface area contributed by atoms with E-state index in [0.717, 1.165) is 42.8 Å². The van der Waals surface area contributed by atoms with Crippen LogP contribution in [-0.4, -0.2) is 33.2 Å². The molecular weight excluding hydrogens is 508 g/mol. The van der Waals surface area contributed by atoms with Crippen LogP contribution in [0.25, 0.3) is 10.8 Å². The number of benzene rings is 2. The van der Waals surface area contributed by atoms with Crippen LogP contribution >= 0.6 is 28.1 Å². The summed E-state index contributed by atoms with van der Waals surface area (Å²) in [6.45, 7) is 4.55. The number of aromatic nitrogens is 3. The number of hydrogen-bond acceptors (Lipinski definition) is 4. The number of thiocarbonyl (C=S) groups is 1. The van der Waals surface area contributed by atoms with Crippen LogP contribution in [-0.2, 0) is 13.0 Å². The lowest BCUT2D eigenvalue weighted by atomic mass is 10.0. The molecule has 6 nitrogen and oxygen atoms in total. The van der Waals surface area contributed by atoms with E-state index in [1.807, 2.05) is 24.5 Å². The fraction of sp³-hybridized carbons (Fsp3) is 0.269. The van der Waals surface area contributed by atoms with Crippen molar-refractivity contribution in [3.8, 4) is 0 Å². The molecule has 0 aliphatic rings. The first-order valence-corrected chi connectivity index (χ1v) is 12.6. The minimum Gasteiger partial charge on any atom is -0.376 e. The Morgan fingerprint density at radius 1 is 1.12 bits per heavy atom. The standard InChI is InChI=1S/C20H21BrN4S.C6H10N2/c21-17-9-10-19(24-13-17)25(12-4-11-23-20(22)26)14-16-7-3-6-15-5-1-2-8-18(15)16;1-2-3-6-4-7-5-8-6/h1-3,5-10,13H,4,11-12,14H2,(H3,22,23,26);4-5H,2-3H2,1H3,(H,7,8). The summed E-state index contributed by atoms with van der Waals surface area (Å²) in [4.78, 5) is 13.8. The minimum atomic E-state index is 0.340. The smallest absolute Gasteiger partial charge is 0.163 e. The van der Waals surface area contributed by atoms with E-state index in [4.69, 9.17) is 18.0 Å². The third-order valence-corrected chi connectivity index (χ3v) is 5.87. The highest BCUT2D eigenvalue weighted by atomic mass is 79.9. The van der Waals surface area contributed by atoms with Crippen molar-refractivity contribution in [1.29, 1.82) is 0 Å². The van der Waals surface area contributed by atoms with Gasteiger partial charge in [0.2, 0.25) is 0 Å². The Hall–Kier alpha value is -2.97. The number of fused-ring (bicyclic) bond motifs is 1. The van der Waals surface area contributed by atoms with E-state index in [1.165, 1.54) is 28.5 Å². The number of hydrogen-bond donors (Lipinski definition) is 3. The normalized spacial score (nSPS) is 10.4. The predicted molar refractivity (Wildman–Crippen MR) is 149 cm³/mol. The van der Waals surface area contributed by atoms with Crippen molar-refractivity contribution in [2.24, 2.45) is 5.73 Å². The van der Waals surface area contributed by atoms with Gasteiger partial charge >= 0.3 is 0 Å². The van der Waals surface area contributed by atoms with Crippen molar-refractivity contribution in [2.45, 2.75) is 32.7 Å². The molecule has 8 heteroatoms. The third kappa shape index (κ3) is 8.11. The summed E-state index contributed by atoms with van der Waals surface area (Å²) in [5.41, 5.74) is 8.03. The molecule has 0 spiro atoms. The molecule has 0 fully saturated rings. The molecular formula is C26H31BrN6S. The van der Waals surface area contributed by atoms with Crippen LogP contribution in [0, 0.1) is 0 Å². The highest BCUT2D eigenvalue weighted by Gasteiger charge is 2.11. The number of aromatic amines is 1. The fourth-order valence-corrected chi connectivity index (χ4v) is 3.97. The summed E-state index contributed by atoms with van der Waals surface area (Å²) in [6, 6.07) is 19.0. The zero-order chi connectivity index (χ0) is 24.2. The molecule has 0 amide bonds. The van der Waals surface area contributed by atoms with Gasteiger partial charge in [-0.2, -0.15) is 0 Å². The number of H-pyrrole nitrogens is 1. The molecule has 34 heavy (non-hydrogen) atoms. The van der Waals surface area contributed by atoms with E-state index in [0.29, 0.717) is 5.11 Å². The van der Waals surface area contributed by atoms with Crippen molar-refractivity contribution in [2.75, 3.05) is 18.0 Å². The first kappa shape index (κ1) is 25.6. The first-order valence-electron chi connectivity index (χ1n) is 11.4. The Morgan fingerprint density at radius 3 is 2.65 bits per heavy atom. The maximum absolute atomic E-state index is 5.51. The van der Waals surface area contributed by atoms with Gasteiger partial charge in [-0.25, -0.2) is 9.97 Å². The van der Waals surface area contributed by atoms with Gasteiger partial charge in [0.05, 0.1) is 6.33 Å². The van der Waals surface area contributed by atoms with Crippen LogP contribution in [0.15, 0.2) is 77.8 Å². The molecule has 2 heterocycles. The number of rotatable bonds is 9. The van der Waals surface area contributed by atoms with E-state index < -0.39 is 0 Å². The second kappa shape index (κ2) is 13.7. The molecule has 0 bridgehead atoms. The Balaban J connectivity index is 0.000000343. The van der Waals surface area contributed by atoms with Crippen LogP contribution < -0.4 is 16.0 Å². The lowest BCUT2D eigenvalue weighted by Crippen LogP contribution is -2.33. The maximum atomic E-state index is 5.51. The minimum absolute atomic E-state index is 0.340. The van der Waals surface area contributed by atoms with Gasteiger partial charge in [0.1, 0.15) is 5.82 Å². The number of nitrogens with zero attached hydrogens (tertiary/aromatic N) is 3. The van der Waals surface area contributed by atoms with Crippen molar-refractivity contribution in [3.63, 3.8) is 0 Å². The summed E-state index contributed by atoms with van der Waals surface area (Å²) in [5, 5.41) is 5.88. The van der Waals surface area contributed by atoms with Crippen molar-refractivity contribution in [1.82, 2.24) is 20.3 Å². The van der Waals surface area contributed by atoms with E-state index in [9.17, 15) is 0 Å². The van der Waals surface area contributed by atoms with Crippen molar-refractivity contribution < 1.29 is 0 Å². The number of anilines is 1. The van der Waals surface area contributed by atoms with Gasteiger partial charge in [-0.15, -0.1) is 0 Å². The van der Waals surface area contributed by atoms with Gasteiger partial charge in [0.15, 0.2) is 5.11 Å². The Bertz CT molecular complexity index is 1140. The van der Waals surface area contributed by atoms with E-state index >= 15 is 0 Å². The van der Waals surface area contributed by atoms with Gasteiger partial charge < -0.3 is 20.9 Å². The van der Waals surface area contributed by atoms with Gasteiger partial charge in [-0.3, -0.25) is 0 Å². The topological polar surface area (TPSA) is 82.9 Å². The molecule has 178 valence electrons. The Kier molecular flexibility index (Phi) is 10.3. The second-order valence-corrected chi connectivity index (χ2v) is 9.22. The lowest BCUT2D eigenvalue weighted by Gasteiger charge is -2.25. The highest BCUT2D eigenvalue weighted by molar-refractivity contribution is 9.10. The number of nitrogens with one attached hydrogen (secondary N) is 2. The number of aryl methyl sites for hydroxylation is 1. The molecule has 2 aromatic carbocycles. The average molecular weight is 540 g/mol. The van der Waals surface area contributed by atoms with Crippen LogP contribution in [0.5, 0.6) is 0 Å². The molecule has 4 rings (SSSR count). The summed E-state index contributed by atoms with van der Waals surface area (Å²) >= 11 is 8.33. The summed E-state index contributed by atoms with van der Waals surface area (Å²) < 4.78 is 0.974. The number of nitrogens with two attached hydrogens (primary N) is 1. The van der Waals surface area contributed by atoms with Crippen LogP contribution in [0.3, 0.4) is 0 Å². The number of pyridine rings is 1. The van der Waals surface area contributed by atoms with E-state index in [2.05, 4.69) is 90.5 Å². The van der Waals surface area contributed by atoms with Crippen molar-refractivity contribution in [3.05, 3.63) is 89.0 Å². The largest absolute Gasteiger partial charge is 0.376 e. The van der Waals surface area contributed by atoms with Gasteiger partial charge in [0, 0.05) is 42.2 Å². The predicted octanol–water partition coefficient (Wildman–Crippen LogP) is 5.59. The molecule has 0 radical (unpaired) electrons. The average Bonchev–Trinajstić information content (AvgIpc) is 3.36. The molecule has 0 aliphatic heterocycles. The fourth-order valence-electron chi connectivity index (χ4n) is 3.64. The zero-order valence-corrected chi connectivity index (χ0v) is 21.8. The van der Waals surface area contributed by atoms with Crippen molar-refractivity contribution >= 4 is 49.9 Å². The molecule has 4 aromatic rings. The molecule has 2 aromatic heterocycles. The number of halogens is 1. The molecule has 4 N–H and O–H groups in total. The zero-order valence-electron chi connectivity index (χ0n) is 19.4. The van der Waals surface area contributed by atoms with Gasteiger partial charge in [-0.05, 0) is 69.5 Å². The van der Waals surface area contributed by atoms with Crippen LogP contribution in [0.4, 0.5) is 5.82 Å². The first-order chi connectivity index (χ1) is 16.6.